The highest BCUT2D eigenvalue weighted by Gasteiger charge is 2.18. The molecule has 1 saturated carbocycles. The molecule has 1 aromatic carbocycles. The zero-order valence-corrected chi connectivity index (χ0v) is 11.4. The van der Waals surface area contributed by atoms with Crippen LogP contribution < -0.4 is 11.1 Å². The average molecular weight is 260 g/mol. The molecule has 0 amide bonds. The lowest BCUT2D eigenvalue weighted by Crippen LogP contribution is -2.29. The van der Waals surface area contributed by atoms with Gasteiger partial charge >= 0.3 is 0 Å². The van der Waals surface area contributed by atoms with Crippen molar-refractivity contribution in [3.63, 3.8) is 0 Å². The molecule has 3 rings (SSSR count). The molecule has 0 spiro atoms. The fraction of sp³-hybridized carbons (Fsp3) is 0.467. The first-order chi connectivity index (χ1) is 8.83. The summed E-state index contributed by atoms with van der Waals surface area (Å²) in [4.78, 5) is 0. The number of rotatable bonds is 3. The Labute approximate surface area is 112 Å². The standard InChI is InChI=1S/C15H20N2S/c16-12-7-5-11(6-8-12)9-17-14-10-18-15-4-2-1-3-13(14)15/h1-4,10-12,17H,5-9,16H2. The van der Waals surface area contributed by atoms with Crippen LogP contribution in [0, 0.1) is 5.92 Å². The second kappa shape index (κ2) is 5.29. The summed E-state index contributed by atoms with van der Waals surface area (Å²) >= 11 is 1.82. The lowest BCUT2D eigenvalue weighted by molar-refractivity contribution is 0.339. The van der Waals surface area contributed by atoms with Gasteiger partial charge in [-0.05, 0) is 37.7 Å². The first-order valence-corrected chi connectivity index (χ1v) is 7.66. The summed E-state index contributed by atoms with van der Waals surface area (Å²) < 4.78 is 1.37. The molecule has 96 valence electrons. The van der Waals surface area contributed by atoms with Gasteiger partial charge in [-0.25, -0.2) is 0 Å². The van der Waals surface area contributed by atoms with E-state index >= 15 is 0 Å². The molecule has 1 heterocycles. The number of nitrogens with two attached hydrogens (primary N) is 1. The van der Waals surface area contributed by atoms with E-state index in [-0.39, 0.29) is 0 Å². The summed E-state index contributed by atoms with van der Waals surface area (Å²) in [5.74, 6) is 0.795. The molecule has 2 aromatic rings. The number of thiophene rings is 1. The highest BCUT2D eigenvalue weighted by Crippen LogP contribution is 2.31. The third-order valence-electron chi connectivity index (χ3n) is 3.95. The Bertz CT molecular complexity index is 512. The first-order valence-electron chi connectivity index (χ1n) is 6.78. The van der Waals surface area contributed by atoms with E-state index in [0.29, 0.717) is 6.04 Å². The predicted octanol–water partition coefficient (Wildman–Crippen LogP) is 3.83. The van der Waals surface area contributed by atoms with Crippen LogP contribution in [0.5, 0.6) is 0 Å². The molecule has 0 aliphatic heterocycles. The molecule has 2 nitrogen and oxygen atoms in total. The Kier molecular flexibility index (Phi) is 3.52. The molecule has 1 aliphatic rings. The molecule has 0 unspecified atom stereocenters. The zero-order chi connectivity index (χ0) is 12.4. The number of hydrogen-bond acceptors (Lipinski definition) is 3. The van der Waals surface area contributed by atoms with E-state index in [2.05, 4.69) is 35.0 Å². The molecular weight excluding hydrogens is 240 g/mol. The maximum absolute atomic E-state index is 5.94. The van der Waals surface area contributed by atoms with Crippen LogP contribution in [0.4, 0.5) is 5.69 Å². The minimum absolute atomic E-state index is 0.447. The van der Waals surface area contributed by atoms with Gasteiger partial charge in [-0.3, -0.25) is 0 Å². The zero-order valence-electron chi connectivity index (χ0n) is 10.6. The van der Waals surface area contributed by atoms with Crippen molar-refractivity contribution in [2.24, 2.45) is 11.7 Å². The SMILES string of the molecule is NC1CCC(CNc2csc3ccccc23)CC1. The number of hydrogen-bond donors (Lipinski definition) is 2. The summed E-state index contributed by atoms with van der Waals surface area (Å²) in [6.07, 6.45) is 4.93. The Morgan fingerprint density at radius 2 is 1.94 bits per heavy atom. The molecule has 18 heavy (non-hydrogen) atoms. The molecule has 0 bridgehead atoms. The van der Waals surface area contributed by atoms with Crippen molar-refractivity contribution in [3.05, 3.63) is 29.6 Å². The van der Waals surface area contributed by atoms with E-state index in [4.69, 9.17) is 5.73 Å². The number of nitrogens with one attached hydrogen (secondary N) is 1. The molecule has 1 fully saturated rings. The predicted molar refractivity (Wildman–Crippen MR) is 80.2 cm³/mol. The van der Waals surface area contributed by atoms with Gasteiger partial charge in [0, 0.05) is 28.1 Å². The third kappa shape index (κ3) is 2.52. The van der Waals surface area contributed by atoms with Crippen molar-refractivity contribution in [2.45, 2.75) is 31.7 Å². The van der Waals surface area contributed by atoms with Crippen molar-refractivity contribution in [1.29, 1.82) is 0 Å². The highest BCUT2D eigenvalue weighted by atomic mass is 32.1. The van der Waals surface area contributed by atoms with Gasteiger partial charge < -0.3 is 11.1 Å². The van der Waals surface area contributed by atoms with Gasteiger partial charge in [-0.1, -0.05) is 18.2 Å². The Morgan fingerprint density at radius 3 is 2.78 bits per heavy atom. The summed E-state index contributed by atoms with van der Waals surface area (Å²) in [7, 11) is 0. The van der Waals surface area contributed by atoms with E-state index in [1.165, 1.54) is 41.5 Å². The van der Waals surface area contributed by atoms with Gasteiger partial charge in [-0.15, -0.1) is 11.3 Å². The largest absolute Gasteiger partial charge is 0.384 e. The van der Waals surface area contributed by atoms with Crippen LogP contribution in [0.2, 0.25) is 0 Å². The highest BCUT2D eigenvalue weighted by molar-refractivity contribution is 7.17. The molecular formula is C15H20N2S. The summed E-state index contributed by atoms with van der Waals surface area (Å²) in [5, 5.41) is 7.21. The second-order valence-electron chi connectivity index (χ2n) is 5.31. The fourth-order valence-electron chi connectivity index (χ4n) is 2.76. The Balaban J connectivity index is 1.63. The van der Waals surface area contributed by atoms with E-state index in [9.17, 15) is 0 Å². The van der Waals surface area contributed by atoms with Crippen LogP contribution in [0.15, 0.2) is 29.6 Å². The smallest absolute Gasteiger partial charge is 0.0529 e. The van der Waals surface area contributed by atoms with Crippen LogP contribution in [0.3, 0.4) is 0 Å². The maximum Gasteiger partial charge on any atom is 0.0529 e. The first kappa shape index (κ1) is 12.0. The lowest BCUT2D eigenvalue weighted by atomic mass is 9.86. The number of benzene rings is 1. The van der Waals surface area contributed by atoms with Gasteiger partial charge in [0.2, 0.25) is 0 Å². The van der Waals surface area contributed by atoms with Gasteiger partial charge in [0.15, 0.2) is 0 Å². The van der Waals surface area contributed by atoms with Crippen molar-refractivity contribution in [2.75, 3.05) is 11.9 Å². The average Bonchev–Trinajstić information content (AvgIpc) is 2.82. The Morgan fingerprint density at radius 1 is 1.17 bits per heavy atom. The number of anilines is 1. The molecule has 0 atom stereocenters. The Hall–Kier alpha value is -1.06. The minimum Gasteiger partial charge on any atom is -0.384 e. The fourth-order valence-corrected chi connectivity index (χ4v) is 3.68. The minimum atomic E-state index is 0.447. The van der Waals surface area contributed by atoms with Gasteiger partial charge in [-0.2, -0.15) is 0 Å². The van der Waals surface area contributed by atoms with E-state index in [1.54, 1.807) is 0 Å². The van der Waals surface area contributed by atoms with Crippen molar-refractivity contribution < 1.29 is 0 Å². The lowest BCUT2D eigenvalue weighted by Gasteiger charge is -2.26. The van der Waals surface area contributed by atoms with Crippen LogP contribution in [0.25, 0.3) is 10.1 Å². The van der Waals surface area contributed by atoms with Crippen molar-refractivity contribution in [1.82, 2.24) is 0 Å². The molecule has 0 saturated heterocycles. The summed E-state index contributed by atoms with van der Waals surface area (Å²) in [5.41, 5.74) is 7.24. The van der Waals surface area contributed by atoms with E-state index < -0.39 is 0 Å². The van der Waals surface area contributed by atoms with Crippen molar-refractivity contribution in [3.8, 4) is 0 Å². The molecule has 0 radical (unpaired) electrons. The van der Waals surface area contributed by atoms with Gasteiger partial charge in [0.1, 0.15) is 0 Å². The number of fused-ring (bicyclic) bond motifs is 1. The van der Waals surface area contributed by atoms with Gasteiger partial charge in [0.05, 0.1) is 5.69 Å². The summed E-state index contributed by atoms with van der Waals surface area (Å²) in [6.45, 7) is 1.09. The topological polar surface area (TPSA) is 38.0 Å². The molecule has 3 N–H and O–H groups in total. The van der Waals surface area contributed by atoms with Crippen LogP contribution in [-0.2, 0) is 0 Å². The van der Waals surface area contributed by atoms with Crippen LogP contribution in [0.1, 0.15) is 25.7 Å². The monoisotopic (exact) mass is 260 g/mol. The molecule has 1 aromatic heterocycles. The second-order valence-corrected chi connectivity index (χ2v) is 6.22. The summed E-state index contributed by atoms with van der Waals surface area (Å²) in [6, 6.07) is 9.05. The van der Waals surface area contributed by atoms with E-state index in [1.807, 2.05) is 11.3 Å². The maximum atomic E-state index is 5.94. The molecule has 3 heteroatoms. The van der Waals surface area contributed by atoms with Crippen molar-refractivity contribution >= 4 is 27.1 Å². The van der Waals surface area contributed by atoms with Crippen LogP contribution in [-0.4, -0.2) is 12.6 Å². The van der Waals surface area contributed by atoms with Gasteiger partial charge in [0.25, 0.3) is 0 Å². The van der Waals surface area contributed by atoms with E-state index in [0.717, 1.165) is 12.5 Å². The quantitative estimate of drug-likeness (QED) is 0.880. The third-order valence-corrected chi connectivity index (χ3v) is 4.92. The van der Waals surface area contributed by atoms with Crippen LogP contribution >= 0.6 is 11.3 Å². The normalized spacial score (nSPS) is 24.3. The molecule has 1 aliphatic carbocycles.